The van der Waals surface area contributed by atoms with Gasteiger partial charge in [-0.1, -0.05) is 18.2 Å². The van der Waals surface area contributed by atoms with E-state index in [1.165, 1.54) is 6.33 Å². The van der Waals surface area contributed by atoms with Crippen LogP contribution in [0.2, 0.25) is 0 Å². The van der Waals surface area contributed by atoms with Gasteiger partial charge in [0.1, 0.15) is 12.7 Å². The van der Waals surface area contributed by atoms with Crippen molar-refractivity contribution in [1.82, 2.24) is 20.1 Å². The van der Waals surface area contributed by atoms with Gasteiger partial charge in [0.15, 0.2) is 0 Å². The van der Waals surface area contributed by atoms with Crippen LogP contribution in [0.15, 0.2) is 66.1 Å². The first-order valence-electron chi connectivity index (χ1n) is 9.75. The molecule has 30 heavy (non-hydrogen) atoms. The maximum absolute atomic E-state index is 12.8. The van der Waals surface area contributed by atoms with Gasteiger partial charge in [0, 0.05) is 23.5 Å². The molecule has 1 saturated heterocycles. The van der Waals surface area contributed by atoms with Crippen molar-refractivity contribution in [2.75, 3.05) is 17.7 Å². The summed E-state index contributed by atoms with van der Waals surface area (Å²) < 4.78 is 1.68. The van der Waals surface area contributed by atoms with E-state index in [0.29, 0.717) is 6.54 Å². The smallest absolute Gasteiger partial charge is 0.227 e. The number of hydrogen-bond donors (Lipinski definition) is 1. The summed E-state index contributed by atoms with van der Waals surface area (Å²) in [6.45, 7) is 2.35. The van der Waals surface area contributed by atoms with Gasteiger partial charge in [0.05, 0.1) is 17.6 Å². The molecule has 0 saturated carbocycles. The van der Waals surface area contributed by atoms with Crippen LogP contribution in [0.1, 0.15) is 24.9 Å². The highest BCUT2D eigenvalue weighted by atomic mass is 32.2. The standard InChI is InChI=1S/C22H23N5O2S/c1-15(16-6-8-18(9-7-16)27-14-23-13-24-27)25-22(29)17-10-21(28)26(12-17)19-4-3-5-20(11-19)30-2/h3-9,11,13-15,17H,10,12H2,1-2H3,(H,25,29)/t15-,17+/m1/s1. The number of carbonyl (C=O) groups is 2. The fourth-order valence-electron chi connectivity index (χ4n) is 3.58. The molecule has 154 valence electrons. The highest BCUT2D eigenvalue weighted by Gasteiger charge is 2.35. The molecule has 0 bridgehead atoms. The van der Waals surface area contributed by atoms with Gasteiger partial charge in [-0.05, 0) is 49.1 Å². The van der Waals surface area contributed by atoms with Gasteiger partial charge in [-0.15, -0.1) is 11.8 Å². The van der Waals surface area contributed by atoms with Crippen LogP contribution >= 0.6 is 11.8 Å². The first-order valence-corrected chi connectivity index (χ1v) is 11.0. The predicted molar refractivity (Wildman–Crippen MR) is 117 cm³/mol. The summed E-state index contributed by atoms with van der Waals surface area (Å²) in [6, 6.07) is 15.5. The number of nitrogens with zero attached hydrogens (tertiary/aromatic N) is 4. The lowest BCUT2D eigenvalue weighted by molar-refractivity contribution is -0.126. The van der Waals surface area contributed by atoms with Crippen molar-refractivity contribution in [2.45, 2.75) is 24.3 Å². The normalized spacial score (nSPS) is 17.2. The second-order valence-corrected chi connectivity index (χ2v) is 8.15. The Balaban J connectivity index is 1.39. The summed E-state index contributed by atoms with van der Waals surface area (Å²) in [5.41, 5.74) is 2.74. The number of rotatable bonds is 6. The zero-order valence-corrected chi connectivity index (χ0v) is 17.7. The van der Waals surface area contributed by atoms with Crippen molar-refractivity contribution in [3.05, 3.63) is 66.7 Å². The molecule has 1 aliphatic heterocycles. The molecule has 7 nitrogen and oxygen atoms in total. The van der Waals surface area contributed by atoms with Crippen LogP contribution in [0.5, 0.6) is 0 Å². The number of anilines is 1. The second kappa shape index (κ2) is 8.71. The van der Waals surface area contributed by atoms with Crippen molar-refractivity contribution in [2.24, 2.45) is 5.92 Å². The van der Waals surface area contributed by atoms with Gasteiger partial charge in [-0.2, -0.15) is 5.10 Å². The Labute approximate surface area is 179 Å². The molecule has 2 amide bonds. The third kappa shape index (κ3) is 4.23. The summed E-state index contributed by atoms with van der Waals surface area (Å²) in [4.78, 5) is 32.1. The molecule has 3 aromatic rings. The molecule has 8 heteroatoms. The molecule has 0 aliphatic carbocycles. The fourth-order valence-corrected chi connectivity index (χ4v) is 4.04. The van der Waals surface area contributed by atoms with Gasteiger partial charge in [-0.3, -0.25) is 9.59 Å². The largest absolute Gasteiger partial charge is 0.349 e. The fraction of sp³-hybridized carbons (Fsp3) is 0.273. The molecule has 0 spiro atoms. The molecule has 0 radical (unpaired) electrons. The van der Waals surface area contributed by atoms with Crippen LogP contribution in [0.3, 0.4) is 0 Å². The summed E-state index contributed by atoms with van der Waals surface area (Å²) in [7, 11) is 0. The molecular weight excluding hydrogens is 398 g/mol. The van der Waals surface area contributed by atoms with E-state index in [-0.39, 0.29) is 30.2 Å². The number of carbonyl (C=O) groups excluding carboxylic acids is 2. The first-order chi connectivity index (χ1) is 14.5. The number of amides is 2. The number of nitrogens with one attached hydrogen (secondary N) is 1. The lowest BCUT2D eigenvalue weighted by Gasteiger charge is -2.19. The molecule has 2 atom stereocenters. The van der Waals surface area contributed by atoms with Crippen LogP contribution in [-0.4, -0.2) is 39.4 Å². The van der Waals surface area contributed by atoms with E-state index in [1.807, 2.05) is 61.7 Å². The lowest BCUT2D eigenvalue weighted by atomic mass is 10.0. The molecule has 1 aromatic heterocycles. The molecule has 0 unspecified atom stereocenters. The third-order valence-corrected chi connectivity index (χ3v) is 6.02. The Hall–Kier alpha value is -3.13. The Morgan fingerprint density at radius 3 is 2.70 bits per heavy atom. The molecule has 2 heterocycles. The molecule has 4 rings (SSSR count). The van der Waals surface area contributed by atoms with Gasteiger partial charge < -0.3 is 10.2 Å². The van der Waals surface area contributed by atoms with Crippen molar-refractivity contribution in [3.8, 4) is 5.69 Å². The minimum Gasteiger partial charge on any atom is -0.349 e. The highest BCUT2D eigenvalue weighted by molar-refractivity contribution is 7.98. The van der Waals surface area contributed by atoms with E-state index < -0.39 is 0 Å². The molecular formula is C22H23N5O2S. The number of benzene rings is 2. The minimum atomic E-state index is -0.354. The average molecular weight is 422 g/mol. The van der Waals surface area contributed by atoms with Crippen LogP contribution in [0, 0.1) is 5.92 Å². The number of hydrogen-bond acceptors (Lipinski definition) is 5. The second-order valence-electron chi connectivity index (χ2n) is 7.27. The summed E-state index contributed by atoms with van der Waals surface area (Å²) in [5.74, 6) is -0.467. The topological polar surface area (TPSA) is 80.1 Å². The van der Waals surface area contributed by atoms with Crippen molar-refractivity contribution in [1.29, 1.82) is 0 Å². The van der Waals surface area contributed by atoms with Gasteiger partial charge in [0.2, 0.25) is 11.8 Å². The van der Waals surface area contributed by atoms with E-state index in [1.54, 1.807) is 27.7 Å². The van der Waals surface area contributed by atoms with E-state index in [2.05, 4.69) is 15.4 Å². The van der Waals surface area contributed by atoms with Crippen LogP contribution in [0.4, 0.5) is 5.69 Å². The van der Waals surface area contributed by atoms with E-state index in [4.69, 9.17) is 0 Å². The zero-order chi connectivity index (χ0) is 21.1. The Morgan fingerprint density at radius 1 is 1.20 bits per heavy atom. The summed E-state index contributed by atoms with van der Waals surface area (Å²) in [6.07, 6.45) is 5.35. The maximum Gasteiger partial charge on any atom is 0.227 e. The van der Waals surface area contributed by atoms with Gasteiger partial charge >= 0.3 is 0 Å². The Kier molecular flexibility index (Phi) is 5.85. The molecule has 2 aromatic carbocycles. The number of aromatic nitrogens is 3. The van der Waals surface area contributed by atoms with Crippen LogP contribution in [0.25, 0.3) is 5.69 Å². The Morgan fingerprint density at radius 2 is 2.00 bits per heavy atom. The molecule has 1 aliphatic rings. The first kappa shape index (κ1) is 20.2. The van der Waals surface area contributed by atoms with E-state index >= 15 is 0 Å². The summed E-state index contributed by atoms with van der Waals surface area (Å²) in [5, 5.41) is 7.16. The van der Waals surface area contributed by atoms with Crippen molar-refractivity contribution >= 4 is 29.3 Å². The minimum absolute atomic E-state index is 0.0155. The molecule has 1 N–H and O–H groups in total. The van der Waals surface area contributed by atoms with Crippen LogP contribution in [-0.2, 0) is 9.59 Å². The maximum atomic E-state index is 12.8. The van der Waals surface area contributed by atoms with E-state index in [9.17, 15) is 9.59 Å². The monoisotopic (exact) mass is 421 g/mol. The van der Waals surface area contributed by atoms with Gasteiger partial charge in [-0.25, -0.2) is 9.67 Å². The van der Waals surface area contributed by atoms with Gasteiger partial charge in [0.25, 0.3) is 0 Å². The highest BCUT2D eigenvalue weighted by Crippen LogP contribution is 2.28. The average Bonchev–Trinajstić information content (AvgIpc) is 3.44. The SMILES string of the molecule is CSc1cccc(N2C[C@@H](C(=O)N[C@H](C)c3ccc(-n4cncn4)cc3)CC2=O)c1. The van der Waals surface area contributed by atoms with Crippen molar-refractivity contribution < 1.29 is 9.59 Å². The summed E-state index contributed by atoms with van der Waals surface area (Å²) >= 11 is 1.63. The number of thioether (sulfide) groups is 1. The third-order valence-electron chi connectivity index (χ3n) is 5.30. The zero-order valence-electron chi connectivity index (χ0n) is 16.9. The Bertz CT molecular complexity index is 1040. The quantitative estimate of drug-likeness (QED) is 0.618. The van der Waals surface area contributed by atoms with Crippen molar-refractivity contribution in [3.63, 3.8) is 0 Å². The van der Waals surface area contributed by atoms with Crippen LogP contribution < -0.4 is 10.2 Å². The molecule has 1 fully saturated rings. The lowest BCUT2D eigenvalue weighted by Crippen LogP contribution is -2.34. The predicted octanol–water partition coefficient (Wildman–Crippen LogP) is 3.22. The van der Waals surface area contributed by atoms with E-state index in [0.717, 1.165) is 21.8 Å².